The van der Waals surface area contributed by atoms with Gasteiger partial charge in [-0.3, -0.25) is 0 Å². The van der Waals surface area contributed by atoms with Crippen LogP contribution in [-0.2, 0) is 0 Å². The number of fused-ring (bicyclic) bond motifs is 6. The van der Waals surface area contributed by atoms with E-state index in [1.54, 1.807) is 0 Å². The third kappa shape index (κ3) is 1.34. The van der Waals surface area contributed by atoms with E-state index < -0.39 is 0 Å². The number of benzene rings is 2. The van der Waals surface area contributed by atoms with Crippen molar-refractivity contribution in [3.8, 4) is 11.1 Å². The van der Waals surface area contributed by atoms with E-state index in [1.165, 1.54) is 48.2 Å². The monoisotopic (exact) mass is 235 g/mol. The molecule has 4 rings (SSSR count). The predicted octanol–water partition coefficient (Wildman–Crippen LogP) is 4.40. The molecule has 0 amide bonds. The normalized spacial score (nSPS) is 20.9. The molecule has 2 aromatic carbocycles. The van der Waals surface area contributed by atoms with Crippen LogP contribution >= 0.6 is 0 Å². The van der Waals surface area contributed by atoms with Crippen molar-refractivity contribution in [3.63, 3.8) is 0 Å². The zero-order valence-electron chi connectivity index (χ0n) is 10.5. The second-order valence-corrected chi connectivity index (χ2v) is 5.31. The SMILES string of the molecule is c1ccc2c(c1)-c1ccccc1N1CCCCC21. The highest BCUT2D eigenvalue weighted by molar-refractivity contribution is 5.84. The first kappa shape index (κ1) is 10.2. The molecule has 2 aromatic rings. The fourth-order valence-electron chi connectivity index (χ4n) is 3.53. The van der Waals surface area contributed by atoms with Crippen molar-refractivity contribution in [2.75, 3.05) is 11.4 Å². The van der Waals surface area contributed by atoms with Gasteiger partial charge < -0.3 is 4.90 Å². The Morgan fingerprint density at radius 3 is 2.56 bits per heavy atom. The van der Waals surface area contributed by atoms with E-state index in [4.69, 9.17) is 0 Å². The molecule has 0 spiro atoms. The lowest BCUT2D eigenvalue weighted by Gasteiger charge is -2.43. The fraction of sp³-hybridized carbons (Fsp3) is 0.294. The first-order valence-corrected chi connectivity index (χ1v) is 6.90. The second-order valence-electron chi connectivity index (χ2n) is 5.31. The maximum Gasteiger partial charge on any atom is 0.0548 e. The van der Waals surface area contributed by atoms with Crippen LogP contribution in [0, 0.1) is 0 Å². The van der Waals surface area contributed by atoms with E-state index in [0.717, 1.165) is 0 Å². The number of nitrogens with zero attached hydrogens (tertiary/aromatic N) is 1. The number of hydrogen-bond donors (Lipinski definition) is 0. The molecular weight excluding hydrogens is 218 g/mol. The van der Waals surface area contributed by atoms with Gasteiger partial charge >= 0.3 is 0 Å². The maximum absolute atomic E-state index is 2.61. The molecule has 0 bridgehead atoms. The highest BCUT2D eigenvalue weighted by Gasteiger charge is 2.31. The molecule has 1 saturated heterocycles. The van der Waals surface area contributed by atoms with E-state index in [-0.39, 0.29) is 0 Å². The van der Waals surface area contributed by atoms with Crippen LogP contribution in [0.2, 0.25) is 0 Å². The van der Waals surface area contributed by atoms with E-state index in [1.807, 2.05) is 0 Å². The summed E-state index contributed by atoms with van der Waals surface area (Å²) in [6.45, 7) is 1.20. The van der Waals surface area contributed by atoms with E-state index in [0.29, 0.717) is 6.04 Å². The maximum atomic E-state index is 2.61. The summed E-state index contributed by atoms with van der Waals surface area (Å²) in [5.74, 6) is 0. The van der Waals surface area contributed by atoms with Gasteiger partial charge in [-0.1, -0.05) is 42.5 Å². The molecule has 0 saturated carbocycles. The zero-order valence-corrected chi connectivity index (χ0v) is 10.5. The summed E-state index contributed by atoms with van der Waals surface area (Å²) in [5, 5.41) is 0. The molecule has 2 heterocycles. The summed E-state index contributed by atoms with van der Waals surface area (Å²) >= 11 is 0. The largest absolute Gasteiger partial charge is 0.364 e. The van der Waals surface area contributed by atoms with Gasteiger partial charge in [-0.15, -0.1) is 0 Å². The van der Waals surface area contributed by atoms with Crippen LogP contribution in [0.5, 0.6) is 0 Å². The molecule has 1 heteroatoms. The lowest BCUT2D eigenvalue weighted by atomic mass is 9.84. The van der Waals surface area contributed by atoms with E-state index in [9.17, 15) is 0 Å². The third-order valence-corrected chi connectivity index (χ3v) is 4.33. The molecule has 2 aliphatic rings. The smallest absolute Gasteiger partial charge is 0.0548 e. The fourth-order valence-corrected chi connectivity index (χ4v) is 3.53. The molecule has 1 atom stereocenters. The second kappa shape index (κ2) is 3.88. The van der Waals surface area contributed by atoms with Gasteiger partial charge in [-0.2, -0.15) is 0 Å². The van der Waals surface area contributed by atoms with Gasteiger partial charge in [0.2, 0.25) is 0 Å². The Bertz CT molecular complexity index is 534. The van der Waals surface area contributed by atoms with Gasteiger partial charge in [0.25, 0.3) is 0 Å². The highest BCUT2D eigenvalue weighted by atomic mass is 15.2. The summed E-state index contributed by atoms with van der Waals surface area (Å²) in [6, 6.07) is 18.4. The lowest BCUT2D eigenvalue weighted by molar-refractivity contribution is 0.470. The molecule has 1 unspecified atom stereocenters. The number of hydrogen-bond acceptors (Lipinski definition) is 1. The molecule has 0 N–H and O–H groups in total. The van der Waals surface area contributed by atoms with Crippen molar-refractivity contribution in [3.05, 3.63) is 54.1 Å². The lowest BCUT2D eigenvalue weighted by Crippen LogP contribution is -2.36. The summed E-state index contributed by atoms with van der Waals surface area (Å²) in [6.07, 6.45) is 3.98. The molecular formula is C17H17N. The minimum absolute atomic E-state index is 0.602. The van der Waals surface area contributed by atoms with Crippen molar-refractivity contribution >= 4 is 5.69 Å². The van der Waals surface area contributed by atoms with Gasteiger partial charge in [0.05, 0.1) is 6.04 Å². The summed E-state index contributed by atoms with van der Waals surface area (Å²) < 4.78 is 0. The van der Waals surface area contributed by atoms with Gasteiger partial charge in [0.15, 0.2) is 0 Å². The van der Waals surface area contributed by atoms with Crippen LogP contribution < -0.4 is 4.90 Å². The quantitative estimate of drug-likeness (QED) is 0.654. The summed E-state index contributed by atoms with van der Waals surface area (Å²) in [7, 11) is 0. The Labute approximate surface area is 108 Å². The molecule has 1 nitrogen and oxygen atoms in total. The Kier molecular flexibility index (Phi) is 2.19. The van der Waals surface area contributed by atoms with Gasteiger partial charge in [0.1, 0.15) is 0 Å². The summed E-state index contributed by atoms with van der Waals surface area (Å²) in [4.78, 5) is 2.61. The predicted molar refractivity (Wildman–Crippen MR) is 75.8 cm³/mol. The Balaban J connectivity index is 1.99. The molecule has 18 heavy (non-hydrogen) atoms. The van der Waals surface area contributed by atoms with Crippen LogP contribution in [0.1, 0.15) is 30.9 Å². The van der Waals surface area contributed by atoms with Crippen molar-refractivity contribution in [1.82, 2.24) is 0 Å². The molecule has 90 valence electrons. The van der Waals surface area contributed by atoms with E-state index in [2.05, 4.69) is 53.4 Å². The highest BCUT2D eigenvalue weighted by Crippen LogP contribution is 2.47. The van der Waals surface area contributed by atoms with Crippen molar-refractivity contribution in [1.29, 1.82) is 0 Å². The first-order valence-electron chi connectivity index (χ1n) is 6.90. The average Bonchev–Trinajstić information content (AvgIpc) is 2.48. The minimum Gasteiger partial charge on any atom is -0.364 e. The standard InChI is InChI=1S/C17H17N/c1-2-8-14-13(7-1)15-9-3-4-10-16(15)18-12-6-5-11-17(14)18/h1-4,7-10,17H,5-6,11-12H2. The van der Waals surface area contributed by atoms with Crippen LogP contribution in [0.15, 0.2) is 48.5 Å². The average molecular weight is 235 g/mol. The van der Waals surface area contributed by atoms with Crippen LogP contribution in [0.25, 0.3) is 11.1 Å². The minimum atomic E-state index is 0.602. The molecule has 0 aliphatic carbocycles. The molecule has 1 fully saturated rings. The Morgan fingerprint density at radius 2 is 1.61 bits per heavy atom. The molecule has 0 radical (unpaired) electrons. The topological polar surface area (TPSA) is 3.24 Å². The molecule has 0 aromatic heterocycles. The van der Waals surface area contributed by atoms with Crippen molar-refractivity contribution < 1.29 is 0 Å². The number of rotatable bonds is 0. The zero-order chi connectivity index (χ0) is 11.9. The Hall–Kier alpha value is -1.76. The van der Waals surface area contributed by atoms with Crippen LogP contribution in [-0.4, -0.2) is 6.54 Å². The van der Waals surface area contributed by atoms with Gasteiger partial charge in [-0.25, -0.2) is 0 Å². The van der Waals surface area contributed by atoms with Crippen molar-refractivity contribution in [2.45, 2.75) is 25.3 Å². The van der Waals surface area contributed by atoms with Crippen LogP contribution in [0.4, 0.5) is 5.69 Å². The van der Waals surface area contributed by atoms with Crippen LogP contribution in [0.3, 0.4) is 0 Å². The van der Waals surface area contributed by atoms with Gasteiger partial charge in [0, 0.05) is 17.8 Å². The number of para-hydroxylation sites is 1. The first-order chi connectivity index (χ1) is 8.95. The molecule has 2 aliphatic heterocycles. The van der Waals surface area contributed by atoms with Crippen molar-refractivity contribution in [2.24, 2.45) is 0 Å². The van der Waals surface area contributed by atoms with Gasteiger partial charge in [-0.05, 0) is 36.5 Å². The number of anilines is 1. The third-order valence-electron chi connectivity index (χ3n) is 4.33. The number of piperidine rings is 1. The van der Waals surface area contributed by atoms with E-state index >= 15 is 0 Å². The summed E-state index contributed by atoms with van der Waals surface area (Å²) in [5.41, 5.74) is 5.80. The Morgan fingerprint density at radius 1 is 0.833 bits per heavy atom.